The molecule has 14 heavy (non-hydrogen) atoms. The van der Waals surface area contributed by atoms with Crippen LogP contribution in [0.2, 0.25) is 0 Å². The molecule has 0 fully saturated rings. The molecule has 0 aliphatic heterocycles. The normalized spacial score (nSPS) is 17.8. The van der Waals surface area contributed by atoms with Crippen LogP contribution in [0.25, 0.3) is 0 Å². The van der Waals surface area contributed by atoms with Crippen LogP contribution in [0.4, 0.5) is 0 Å². The molecular weight excluding hydrogens is 176 g/mol. The maximum atomic E-state index is 9.89. The molecule has 0 saturated carbocycles. The average Bonchev–Trinajstić information content (AvgIpc) is 2.23. The Labute approximate surface area is 88.3 Å². The summed E-state index contributed by atoms with van der Waals surface area (Å²) in [6.07, 6.45) is 6.04. The minimum absolute atomic E-state index is 0.105. The van der Waals surface area contributed by atoms with E-state index >= 15 is 0 Å². The summed E-state index contributed by atoms with van der Waals surface area (Å²) in [6, 6.07) is 0. The van der Waals surface area contributed by atoms with Gasteiger partial charge in [-0.05, 0) is 25.2 Å². The maximum Gasteiger partial charge on any atom is 0.0874 e. The van der Waals surface area contributed by atoms with E-state index in [1.165, 1.54) is 19.3 Å². The van der Waals surface area contributed by atoms with Gasteiger partial charge < -0.3 is 10.2 Å². The van der Waals surface area contributed by atoms with E-state index in [2.05, 4.69) is 13.8 Å². The molecule has 2 atom stereocenters. The molecular formula is C12H26O2. The van der Waals surface area contributed by atoms with E-state index in [-0.39, 0.29) is 6.61 Å². The van der Waals surface area contributed by atoms with E-state index < -0.39 is 5.60 Å². The first-order chi connectivity index (χ1) is 6.61. The predicted octanol–water partition coefficient (Wildman–Crippen LogP) is 2.73. The summed E-state index contributed by atoms with van der Waals surface area (Å²) in [5.74, 6) is 0.713. The number of rotatable bonds is 8. The standard InChI is InChI=1S/C12H26O2/c1-4-7-11(5-2)8-9-12(14,6-3)10-13/h11,13-14H,4-10H2,1-3H3. The highest BCUT2D eigenvalue weighted by Gasteiger charge is 2.24. The second-order valence-electron chi connectivity index (χ2n) is 4.34. The molecule has 2 heteroatoms. The summed E-state index contributed by atoms with van der Waals surface area (Å²) < 4.78 is 0. The van der Waals surface area contributed by atoms with Crippen LogP contribution in [-0.2, 0) is 0 Å². The van der Waals surface area contributed by atoms with E-state index in [1.807, 2.05) is 6.92 Å². The molecule has 0 aliphatic carbocycles. The molecule has 2 N–H and O–H groups in total. The lowest BCUT2D eigenvalue weighted by molar-refractivity contribution is -0.0288. The number of aliphatic hydroxyl groups excluding tert-OH is 1. The first-order valence-corrected chi connectivity index (χ1v) is 5.95. The maximum absolute atomic E-state index is 9.89. The Morgan fingerprint density at radius 3 is 2.14 bits per heavy atom. The van der Waals surface area contributed by atoms with Gasteiger partial charge in [-0.15, -0.1) is 0 Å². The Kier molecular flexibility index (Phi) is 7.20. The molecule has 0 bridgehead atoms. The van der Waals surface area contributed by atoms with Gasteiger partial charge in [0.15, 0.2) is 0 Å². The summed E-state index contributed by atoms with van der Waals surface area (Å²) in [4.78, 5) is 0. The van der Waals surface area contributed by atoms with Gasteiger partial charge >= 0.3 is 0 Å². The van der Waals surface area contributed by atoms with Crippen molar-refractivity contribution in [2.75, 3.05) is 6.61 Å². The van der Waals surface area contributed by atoms with Crippen molar-refractivity contribution in [2.45, 2.75) is 64.9 Å². The van der Waals surface area contributed by atoms with Crippen molar-refractivity contribution in [3.05, 3.63) is 0 Å². The first-order valence-electron chi connectivity index (χ1n) is 5.95. The molecule has 2 unspecified atom stereocenters. The summed E-state index contributed by atoms with van der Waals surface area (Å²) in [6.45, 7) is 6.22. The largest absolute Gasteiger partial charge is 0.393 e. The summed E-state index contributed by atoms with van der Waals surface area (Å²) >= 11 is 0. The van der Waals surface area contributed by atoms with Crippen LogP contribution in [0.5, 0.6) is 0 Å². The molecule has 0 amide bonds. The predicted molar refractivity (Wildman–Crippen MR) is 60.2 cm³/mol. The Balaban J connectivity index is 3.87. The second-order valence-corrected chi connectivity index (χ2v) is 4.34. The van der Waals surface area contributed by atoms with Gasteiger partial charge in [0, 0.05) is 0 Å². The van der Waals surface area contributed by atoms with Gasteiger partial charge in [0.05, 0.1) is 12.2 Å². The van der Waals surface area contributed by atoms with Gasteiger partial charge in [0.2, 0.25) is 0 Å². The molecule has 0 spiro atoms. The van der Waals surface area contributed by atoms with Crippen molar-refractivity contribution < 1.29 is 10.2 Å². The van der Waals surface area contributed by atoms with E-state index in [0.29, 0.717) is 12.3 Å². The minimum atomic E-state index is -0.832. The lowest BCUT2D eigenvalue weighted by atomic mass is 9.87. The molecule has 0 rings (SSSR count). The summed E-state index contributed by atoms with van der Waals surface area (Å²) in [5, 5.41) is 18.9. The van der Waals surface area contributed by atoms with Crippen LogP contribution >= 0.6 is 0 Å². The fraction of sp³-hybridized carbons (Fsp3) is 1.00. The van der Waals surface area contributed by atoms with Crippen LogP contribution in [0.3, 0.4) is 0 Å². The third kappa shape index (κ3) is 4.97. The topological polar surface area (TPSA) is 40.5 Å². The zero-order chi connectivity index (χ0) is 11.0. The molecule has 0 aliphatic rings. The molecule has 2 nitrogen and oxygen atoms in total. The smallest absolute Gasteiger partial charge is 0.0874 e. The average molecular weight is 202 g/mol. The van der Waals surface area contributed by atoms with Crippen LogP contribution in [0.15, 0.2) is 0 Å². The van der Waals surface area contributed by atoms with E-state index in [9.17, 15) is 5.11 Å². The zero-order valence-corrected chi connectivity index (χ0v) is 9.92. The number of hydrogen-bond acceptors (Lipinski definition) is 2. The fourth-order valence-corrected chi connectivity index (χ4v) is 1.80. The van der Waals surface area contributed by atoms with Crippen molar-refractivity contribution in [1.82, 2.24) is 0 Å². The van der Waals surface area contributed by atoms with Crippen LogP contribution < -0.4 is 0 Å². The quantitative estimate of drug-likeness (QED) is 0.635. The molecule has 0 saturated heterocycles. The third-order valence-electron chi connectivity index (χ3n) is 3.24. The molecule has 0 aromatic heterocycles. The Morgan fingerprint density at radius 1 is 1.14 bits per heavy atom. The Bertz CT molecular complexity index is 130. The molecule has 0 aromatic carbocycles. The van der Waals surface area contributed by atoms with E-state index in [4.69, 9.17) is 5.11 Å². The van der Waals surface area contributed by atoms with Gasteiger partial charge in [0.1, 0.15) is 0 Å². The van der Waals surface area contributed by atoms with Crippen LogP contribution in [-0.4, -0.2) is 22.4 Å². The van der Waals surface area contributed by atoms with Crippen molar-refractivity contribution >= 4 is 0 Å². The fourth-order valence-electron chi connectivity index (χ4n) is 1.80. The minimum Gasteiger partial charge on any atom is -0.393 e. The van der Waals surface area contributed by atoms with Crippen molar-refractivity contribution in [3.8, 4) is 0 Å². The van der Waals surface area contributed by atoms with Gasteiger partial charge in [-0.2, -0.15) is 0 Å². The molecule has 0 radical (unpaired) electrons. The first kappa shape index (κ1) is 13.9. The van der Waals surface area contributed by atoms with Gasteiger partial charge in [-0.25, -0.2) is 0 Å². The zero-order valence-electron chi connectivity index (χ0n) is 9.92. The monoisotopic (exact) mass is 202 g/mol. The lowest BCUT2D eigenvalue weighted by Gasteiger charge is -2.26. The van der Waals surface area contributed by atoms with Crippen LogP contribution in [0.1, 0.15) is 59.3 Å². The number of aliphatic hydroxyl groups is 2. The van der Waals surface area contributed by atoms with Gasteiger partial charge in [-0.1, -0.05) is 40.0 Å². The third-order valence-corrected chi connectivity index (χ3v) is 3.24. The highest BCUT2D eigenvalue weighted by atomic mass is 16.3. The highest BCUT2D eigenvalue weighted by molar-refractivity contribution is 4.76. The van der Waals surface area contributed by atoms with Gasteiger partial charge in [0.25, 0.3) is 0 Å². The Morgan fingerprint density at radius 2 is 1.79 bits per heavy atom. The summed E-state index contributed by atoms with van der Waals surface area (Å²) in [7, 11) is 0. The van der Waals surface area contributed by atoms with E-state index in [1.54, 1.807) is 0 Å². The molecule has 0 heterocycles. The SMILES string of the molecule is CCCC(CC)CCC(O)(CC)CO. The highest BCUT2D eigenvalue weighted by Crippen LogP contribution is 2.24. The van der Waals surface area contributed by atoms with Crippen molar-refractivity contribution in [1.29, 1.82) is 0 Å². The molecule has 86 valence electrons. The van der Waals surface area contributed by atoms with Crippen molar-refractivity contribution in [3.63, 3.8) is 0 Å². The van der Waals surface area contributed by atoms with Crippen LogP contribution in [0, 0.1) is 5.92 Å². The second kappa shape index (κ2) is 7.24. The lowest BCUT2D eigenvalue weighted by Crippen LogP contribution is -2.32. The Hall–Kier alpha value is -0.0800. The van der Waals surface area contributed by atoms with Gasteiger partial charge in [-0.3, -0.25) is 0 Å². The number of hydrogen-bond donors (Lipinski definition) is 2. The summed E-state index contributed by atoms with van der Waals surface area (Å²) in [5.41, 5.74) is -0.832. The molecule has 0 aromatic rings. The van der Waals surface area contributed by atoms with E-state index in [0.717, 1.165) is 12.8 Å². The van der Waals surface area contributed by atoms with Crippen molar-refractivity contribution in [2.24, 2.45) is 5.92 Å².